The Morgan fingerprint density at radius 1 is 0.962 bits per heavy atom. The zero-order valence-corrected chi connectivity index (χ0v) is 35.1. The van der Waals surface area contributed by atoms with E-state index in [1.165, 1.54) is 6.42 Å². The Labute approximate surface area is 320 Å². The van der Waals surface area contributed by atoms with Crippen molar-refractivity contribution in [1.29, 1.82) is 0 Å². The first-order chi connectivity index (χ1) is 25.1. The molecule has 1 heterocycles. The van der Waals surface area contributed by atoms with Crippen LogP contribution in [-0.2, 0) is 28.7 Å². The van der Waals surface area contributed by atoms with Crippen LogP contribution in [0.25, 0.3) is 0 Å². The van der Waals surface area contributed by atoms with Gasteiger partial charge in [-0.1, -0.05) is 84.7 Å². The van der Waals surface area contributed by atoms with Gasteiger partial charge >= 0.3 is 0 Å². The van der Waals surface area contributed by atoms with Crippen LogP contribution in [0.3, 0.4) is 0 Å². The minimum atomic E-state index is -0.560. The van der Waals surface area contributed by atoms with Crippen molar-refractivity contribution in [3.05, 3.63) is 35.9 Å². The van der Waals surface area contributed by atoms with E-state index in [2.05, 4.69) is 24.5 Å². The van der Waals surface area contributed by atoms with E-state index in [0.29, 0.717) is 19.4 Å². The second-order valence-electron chi connectivity index (χ2n) is 14.4. The van der Waals surface area contributed by atoms with Crippen molar-refractivity contribution in [2.24, 2.45) is 17.6 Å². The van der Waals surface area contributed by atoms with Crippen LogP contribution >= 0.6 is 0 Å². The molecule has 0 bridgehead atoms. The fourth-order valence-electron chi connectivity index (χ4n) is 7.00. The fourth-order valence-corrected chi connectivity index (χ4v) is 7.00. The SMILES string of the molecule is CCC.CCC[C@@H](C(CC(=O)N1CCCC1C(OC)C(C)C(=O)NC(C)C(N)c1ccccc1)OC)N(C)C(=O)CNC(=O)C(C(C)C)N(C)C.CO. The van der Waals surface area contributed by atoms with Crippen LogP contribution in [0.5, 0.6) is 0 Å². The zero-order valence-electron chi connectivity index (χ0n) is 35.1. The predicted octanol–water partition coefficient (Wildman–Crippen LogP) is 3.59. The number of likely N-dealkylation sites (tertiary alicyclic amines) is 1. The third kappa shape index (κ3) is 15.7. The Morgan fingerprint density at radius 3 is 2.04 bits per heavy atom. The summed E-state index contributed by atoms with van der Waals surface area (Å²) in [4.78, 5) is 58.7. The summed E-state index contributed by atoms with van der Waals surface area (Å²) in [5, 5.41) is 12.8. The number of hydrogen-bond acceptors (Lipinski definition) is 9. The number of ether oxygens (including phenoxy) is 2. The van der Waals surface area contributed by atoms with Gasteiger partial charge in [-0.25, -0.2) is 0 Å². The number of benzene rings is 1. The number of carbonyl (C=O) groups excluding carboxylic acids is 4. The highest BCUT2D eigenvalue weighted by Crippen LogP contribution is 2.29. The number of carbonyl (C=O) groups is 4. The lowest BCUT2D eigenvalue weighted by molar-refractivity contribution is -0.145. The monoisotopic (exact) mass is 751 g/mol. The van der Waals surface area contributed by atoms with Crippen molar-refractivity contribution in [3.8, 4) is 0 Å². The fraction of sp³-hybridized carbons (Fsp3) is 0.750. The lowest BCUT2D eigenvalue weighted by Crippen LogP contribution is -2.54. The average Bonchev–Trinajstić information content (AvgIpc) is 3.62. The molecule has 0 aliphatic carbocycles. The molecule has 5 N–H and O–H groups in total. The number of methoxy groups -OCH3 is 2. The van der Waals surface area contributed by atoms with E-state index in [1.807, 2.05) is 83.9 Å². The number of nitrogens with one attached hydrogen (secondary N) is 2. The van der Waals surface area contributed by atoms with E-state index in [9.17, 15) is 19.2 Å². The van der Waals surface area contributed by atoms with E-state index in [1.54, 1.807) is 31.1 Å². The highest BCUT2D eigenvalue weighted by Gasteiger charge is 2.41. The van der Waals surface area contributed by atoms with E-state index in [-0.39, 0.29) is 72.7 Å². The number of rotatable bonds is 19. The Hall–Kier alpha value is -3.10. The summed E-state index contributed by atoms with van der Waals surface area (Å²) in [6.07, 6.45) is 3.13. The van der Waals surface area contributed by atoms with Crippen LogP contribution in [0, 0.1) is 11.8 Å². The third-order valence-corrected chi connectivity index (χ3v) is 9.72. The highest BCUT2D eigenvalue weighted by atomic mass is 16.5. The Morgan fingerprint density at radius 2 is 1.55 bits per heavy atom. The summed E-state index contributed by atoms with van der Waals surface area (Å²) < 4.78 is 11.8. The van der Waals surface area contributed by atoms with Gasteiger partial charge < -0.3 is 40.7 Å². The molecule has 0 radical (unpaired) electrons. The average molecular weight is 751 g/mol. The molecule has 1 aromatic rings. The molecule has 0 saturated carbocycles. The first-order valence-electron chi connectivity index (χ1n) is 19.2. The van der Waals surface area contributed by atoms with Crippen LogP contribution in [0.4, 0.5) is 0 Å². The number of amides is 4. The smallest absolute Gasteiger partial charge is 0.242 e. The lowest BCUT2D eigenvalue weighted by atomic mass is 9.93. The molecule has 13 heteroatoms. The van der Waals surface area contributed by atoms with Gasteiger partial charge in [0.1, 0.15) is 0 Å². The van der Waals surface area contributed by atoms with Gasteiger partial charge in [0.25, 0.3) is 0 Å². The maximum Gasteiger partial charge on any atom is 0.242 e. The first-order valence-corrected chi connectivity index (χ1v) is 19.2. The third-order valence-electron chi connectivity index (χ3n) is 9.72. The van der Waals surface area contributed by atoms with Crippen molar-refractivity contribution in [1.82, 2.24) is 25.3 Å². The Balaban J connectivity index is 0.00000513. The van der Waals surface area contributed by atoms with Crippen LogP contribution in [-0.4, -0.2) is 135 Å². The van der Waals surface area contributed by atoms with Gasteiger partial charge in [-0.05, 0) is 51.8 Å². The van der Waals surface area contributed by atoms with Crippen molar-refractivity contribution < 1.29 is 33.8 Å². The lowest BCUT2D eigenvalue weighted by Gasteiger charge is -2.37. The van der Waals surface area contributed by atoms with Crippen LogP contribution in [0.1, 0.15) is 98.6 Å². The van der Waals surface area contributed by atoms with Crippen LogP contribution in [0.2, 0.25) is 0 Å². The quantitative estimate of drug-likeness (QED) is 0.165. The number of nitrogens with two attached hydrogens (primary N) is 1. The van der Waals surface area contributed by atoms with E-state index in [4.69, 9.17) is 20.3 Å². The second-order valence-corrected chi connectivity index (χ2v) is 14.4. The molecule has 0 aromatic heterocycles. The minimum Gasteiger partial charge on any atom is -0.400 e. The molecular formula is C40H74N6O7. The Bertz CT molecular complexity index is 1180. The molecule has 306 valence electrons. The summed E-state index contributed by atoms with van der Waals surface area (Å²) in [5.41, 5.74) is 7.37. The maximum absolute atomic E-state index is 13.9. The number of likely N-dealkylation sites (N-methyl/N-ethyl adjacent to an activating group) is 2. The number of hydrogen-bond donors (Lipinski definition) is 4. The molecule has 1 fully saturated rings. The molecule has 1 saturated heterocycles. The van der Waals surface area contributed by atoms with Crippen molar-refractivity contribution in [2.75, 3.05) is 55.6 Å². The molecular weight excluding hydrogens is 676 g/mol. The van der Waals surface area contributed by atoms with Gasteiger partial charge in [0.15, 0.2) is 0 Å². The molecule has 0 spiro atoms. The van der Waals surface area contributed by atoms with E-state index < -0.39 is 18.1 Å². The number of nitrogens with zero attached hydrogens (tertiary/aromatic N) is 3. The molecule has 7 unspecified atom stereocenters. The maximum atomic E-state index is 13.9. The molecule has 13 nitrogen and oxygen atoms in total. The van der Waals surface area contributed by atoms with Gasteiger partial charge in [0, 0.05) is 47.0 Å². The minimum absolute atomic E-state index is 0.0671. The van der Waals surface area contributed by atoms with Crippen molar-refractivity contribution in [3.63, 3.8) is 0 Å². The molecule has 1 aromatic carbocycles. The molecule has 1 aliphatic rings. The van der Waals surface area contributed by atoms with Gasteiger partial charge in [-0.15, -0.1) is 0 Å². The van der Waals surface area contributed by atoms with Crippen molar-refractivity contribution >= 4 is 23.6 Å². The summed E-state index contributed by atoms with van der Waals surface area (Å²) >= 11 is 0. The van der Waals surface area contributed by atoms with Gasteiger partial charge in [-0.2, -0.15) is 0 Å². The molecule has 1 aliphatic heterocycles. The molecule has 53 heavy (non-hydrogen) atoms. The van der Waals surface area contributed by atoms with E-state index >= 15 is 0 Å². The van der Waals surface area contributed by atoms with Gasteiger partial charge in [-0.3, -0.25) is 24.1 Å². The Kier molecular flexibility index (Phi) is 25.1. The summed E-state index contributed by atoms with van der Waals surface area (Å²) in [6.45, 7) is 14.3. The van der Waals surface area contributed by atoms with Gasteiger partial charge in [0.05, 0.1) is 49.2 Å². The number of aliphatic hydroxyl groups excluding tert-OH is 1. The summed E-state index contributed by atoms with van der Waals surface area (Å²) in [7, 11) is 9.51. The summed E-state index contributed by atoms with van der Waals surface area (Å²) in [6, 6.07) is 7.95. The zero-order chi connectivity index (χ0) is 40.8. The largest absolute Gasteiger partial charge is 0.400 e. The van der Waals surface area contributed by atoms with Gasteiger partial charge in [0.2, 0.25) is 23.6 Å². The molecule has 8 atom stereocenters. The second kappa shape index (κ2) is 26.6. The standard InChI is InChI=1S/C36H62N6O6.C3H8.CH4O/c1-11-16-27(41(8)31(44)22-38-36(46)33(23(2)3)40(6)7)29(47-9)21-30(43)42-20-15-19-28(42)34(48-10)24(4)35(45)39-25(5)32(37)26-17-13-12-14-18-26;1-3-2;1-2/h12-14,17-18,23-25,27-29,32-34H,11,15-16,19-22,37H2,1-10H3,(H,38,46)(H,39,45);3H2,1-2H3;2H,1H3/t24?,25?,27-,28?,29?,32?,33?,34?;;/m0../s1. The van der Waals surface area contributed by atoms with Crippen LogP contribution in [0.15, 0.2) is 30.3 Å². The number of aliphatic hydroxyl groups is 1. The predicted molar refractivity (Wildman–Crippen MR) is 212 cm³/mol. The molecule has 4 amide bonds. The van der Waals surface area contributed by atoms with Crippen LogP contribution < -0.4 is 16.4 Å². The van der Waals surface area contributed by atoms with Crippen molar-refractivity contribution in [2.45, 2.75) is 129 Å². The highest BCUT2D eigenvalue weighted by molar-refractivity contribution is 5.87. The normalized spacial score (nSPS) is 17.9. The first kappa shape index (κ1) is 49.9. The topological polar surface area (TPSA) is 167 Å². The summed E-state index contributed by atoms with van der Waals surface area (Å²) in [5.74, 6) is -1.21. The van der Waals surface area contributed by atoms with E-state index in [0.717, 1.165) is 25.5 Å². The molecule has 2 rings (SSSR count).